The van der Waals surface area contributed by atoms with Crippen LogP contribution in [0.25, 0.3) is 0 Å². The molecule has 2 fully saturated rings. The first-order valence-corrected chi connectivity index (χ1v) is 6.06. The second kappa shape index (κ2) is 5.30. The van der Waals surface area contributed by atoms with Crippen LogP contribution in [0.5, 0.6) is 0 Å². The molecule has 0 spiro atoms. The van der Waals surface area contributed by atoms with Crippen LogP contribution < -0.4 is 10.6 Å². The Balaban J connectivity index is 1.69. The molecule has 2 heterocycles. The van der Waals surface area contributed by atoms with Crippen molar-refractivity contribution in [2.75, 3.05) is 26.2 Å². The molecule has 1 unspecified atom stereocenters. The van der Waals surface area contributed by atoms with E-state index in [1.54, 1.807) is 0 Å². The van der Waals surface area contributed by atoms with Gasteiger partial charge in [-0.1, -0.05) is 0 Å². The predicted molar refractivity (Wildman–Crippen MR) is 59.8 cm³/mol. The first-order chi connectivity index (χ1) is 7.77. The Labute approximate surface area is 95.6 Å². The summed E-state index contributed by atoms with van der Waals surface area (Å²) in [6.45, 7) is 2.74. The number of carbonyl (C=O) groups excluding carboxylic acids is 2. The van der Waals surface area contributed by atoms with Gasteiger partial charge in [0.25, 0.3) is 0 Å². The molecule has 0 aromatic carbocycles. The van der Waals surface area contributed by atoms with Crippen molar-refractivity contribution in [3.8, 4) is 0 Å². The molecule has 1 atom stereocenters. The average molecular weight is 225 g/mol. The van der Waals surface area contributed by atoms with Crippen molar-refractivity contribution in [2.45, 2.75) is 31.7 Å². The van der Waals surface area contributed by atoms with Crippen LogP contribution in [-0.4, -0.2) is 48.9 Å². The smallest absolute Gasteiger partial charge is 0.241 e. The van der Waals surface area contributed by atoms with Crippen LogP contribution in [0, 0.1) is 0 Å². The molecule has 2 amide bonds. The van der Waals surface area contributed by atoms with Crippen molar-refractivity contribution in [1.82, 2.24) is 15.5 Å². The normalized spacial score (nSPS) is 24.8. The maximum atomic E-state index is 11.7. The number of likely N-dealkylation sites (tertiary alicyclic amines) is 1. The van der Waals surface area contributed by atoms with Crippen molar-refractivity contribution < 1.29 is 9.59 Å². The van der Waals surface area contributed by atoms with E-state index in [9.17, 15) is 9.59 Å². The van der Waals surface area contributed by atoms with E-state index in [4.69, 9.17) is 0 Å². The highest BCUT2D eigenvalue weighted by Gasteiger charge is 2.23. The van der Waals surface area contributed by atoms with Crippen LogP contribution in [0.15, 0.2) is 0 Å². The molecule has 90 valence electrons. The van der Waals surface area contributed by atoms with Gasteiger partial charge in [-0.2, -0.15) is 0 Å². The summed E-state index contributed by atoms with van der Waals surface area (Å²) in [6, 6.07) is -0.0913. The molecule has 0 radical (unpaired) electrons. The Hall–Kier alpha value is -1.10. The Morgan fingerprint density at radius 1 is 1.25 bits per heavy atom. The second-order valence-corrected chi connectivity index (χ2v) is 4.45. The molecule has 2 aliphatic heterocycles. The molecule has 0 saturated carbocycles. The molecule has 2 aliphatic rings. The summed E-state index contributed by atoms with van der Waals surface area (Å²) in [5.74, 6) is 0.00824. The highest BCUT2D eigenvalue weighted by molar-refractivity contribution is 5.87. The molecule has 0 aliphatic carbocycles. The molecule has 2 N–H and O–H groups in total. The molecule has 0 aromatic rings. The number of hydrogen-bond donors (Lipinski definition) is 2. The minimum Gasteiger partial charge on any atom is -0.346 e. The molecule has 0 bridgehead atoms. The Morgan fingerprint density at radius 3 is 2.62 bits per heavy atom. The van der Waals surface area contributed by atoms with Crippen LogP contribution in [-0.2, 0) is 9.59 Å². The Bertz CT molecular complexity index is 240. The van der Waals surface area contributed by atoms with Crippen LogP contribution >= 0.6 is 0 Å². The van der Waals surface area contributed by atoms with Gasteiger partial charge in [-0.3, -0.25) is 9.59 Å². The van der Waals surface area contributed by atoms with Gasteiger partial charge >= 0.3 is 0 Å². The van der Waals surface area contributed by atoms with E-state index in [-0.39, 0.29) is 24.4 Å². The zero-order valence-electron chi connectivity index (χ0n) is 9.50. The second-order valence-electron chi connectivity index (χ2n) is 4.45. The Morgan fingerprint density at radius 2 is 2.00 bits per heavy atom. The lowest BCUT2D eigenvalue weighted by molar-refractivity contribution is -0.132. The number of nitrogens with one attached hydrogen (secondary N) is 2. The largest absolute Gasteiger partial charge is 0.346 e. The van der Waals surface area contributed by atoms with E-state index in [1.807, 2.05) is 4.90 Å². The van der Waals surface area contributed by atoms with Gasteiger partial charge in [-0.15, -0.1) is 0 Å². The van der Waals surface area contributed by atoms with Crippen molar-refractivity contribution in [3.63, 3.8) is 0 Å². The van der Waals surface area contributed by atoms with Crippen molar-refractivity contribution in [2.24, 2.45) is 0 Å². The standard InChI is InChI=1S/C11H19N3O2/c15-10(14-6-1-2-7-14)8-13-11(16)9-4-3-5-12-9/h9,12H,1-8H2,(H,13,16). The summed E-state index contributed by atoms with van der Waals surface area (Å²) in [7, 11) is 0. The molecule has 5 nitrogen and oxygen atoms in total. The zero-order chi connectivity index (χ0) is 11.4. The highest BCUT2D eigenvalue weighted by atomic mass is 16.2. The van der Waals surface area contributed by atoms with Gasteiger partial charge in [0.05, 0.1) is 12.6 Å². The summed E-state index contributed by atoms with van der Waals surface area (Å²) in [6.07, 6.45) is 4.09. The third-order valence-corrected chi connectivity index (χ3v) is 3.25. The quantitative estimate of drug-likeness (QED) is 0.679. The van der Waals surface area contributed by atoms with Gasteiger partial charge in [0, 0.05) is 13.1 Å². The van der Waals surface area contributed by atoms with Gasteiger partial charge in [0.15, 0.2) is 0 Å². The molecule has 16 heavy (non-hydrogen) atoms. The lowest BCUT2D eigenvalue weighted by Crippen LogP contribution is -2.45. The highest BCUT2D eigenvalue weighted by Crippen LogP contribution is 2.07. The zero-order valence-corrected chi connectivity index (χ0v) is 9.50. The maximum absolute atomic E-state index is 11.7. The lowest BCUT2D eigenvalue weighted by Gasteiger charge is -2.16. The molecular weight excluding hydrogens is 206 g/mol. The van der Waals surface area contributed by atoms with Gasteiger partial charge in [-0.05, 0) is 32.2 Å². The minimum atomic E-state index is -0.0913. The molecule has 5 heteroatoms. The monoisotopic (exact) mass is 225 g/mol. The van der Waals surface area contributed by atoms with Gasteiger partial charge in [-0.25, -0.2) is 0 Å². The summed E-state index contributed by atoms with van der Waals surface area (Å²) >= 11 is 0. The van der Waals surface area contributed by atoms with E-state index in [0.29, 0.717) is 0 Å². The first-order valence-electron chi connectivity index (χ1n) is 6.06. The number of amides is 2. The molecule has 0 aromatic heterocycles. The predicted octanol–water partition coefficient (Wildman–Crippen LogP) is -0.523. The summed E-state index contributed by atoms with van der Waals surface area (Å²) < 4.78 is 0. The van der Waals surface area contributed by atoms with E-state index < -0.39 is 0 Å². The number of hydrogen-bond acceptors (Lipinski definition) is 3. The summed E-state index contributed by atoms with van der Waals surface area (Å²) in [5.41, 5.74) is 0. The van der Waals surface area contributed by atoms with Gasteiger partial charge < -0.3 is 15.5 Å². The van der Waals surface area contributed by atoms with Crippen LogP contribution in [0.2, 0.25) is 0 Å². The summed E-state index contributed by atoms with van der Waals surface area (Å²) in [4.78, 5) is 25.1. The third-order valence-electron chi connectivity index (χ3n) is 3.25. The van der Waals surface area contributed by atoms with Gasteiger partial charge in [0.1, 0.15) is 0 Å². The topological polar surface area (TPSA) is 61.4 Å². The minimum absolute atomic E-state index is 0.0370. The van der Waals surface area contributed by atoms with Crippen LogP contribution in [0.4, 0.5) is 0 Å². The van der Waals surface area contributed by atoms with E-state index in [2.05, 4.69) is 10.6 Å². The molecule has 2 saturated heterocycles. The van der Waals surface area contributed by atoms with Crippen LogP contribution in [0.3, 0.4) is 0 Å². The summed E-state index contributed by atoms with van der Waals surface area (Å²) in [5, 5.41) is 5.82. The maximum Gasteiger partial charge on any atom is 0.241 e. The first kappa shape index (κ1) is 11.4. The number of rotatable bonds is 3. The Kier molecular flexibility index (Phi) is 3.77. The SMILES string of the molecule is O=C(NCC(=O)N1CCCC1)C1CCCN1. The number of nitrogens with zero attached hydrogens (tertiary/aromatic N) is 1. The third kappa shape index (κ3) is 2.72. The van der Waals surface area contributed by atoms with E-state index in [0.717, 1.165) is 45.3 Å². The van der Waals surface area contributed by atoms with Gasteiger partial charge in [0.2, 0.25) is 11.8 Å². The lowest BCUT2D eigenvalue weighted by atomic mass is 10.2. The van der Waals surface area contributed by atoms with Crippen LogP contribution in [0.1, 0.15) is 25.7 Å². The van der Waals surface area contributed by atoms with E-state index in [1.165, 1.54) is 0 Å². The average Bonchev–Trinajstić information content (AvgIpc) is 2.95. The fraction of sp³-hybridized carbons (Fsp3) is 0.818. The fourth-order valence-corrected chi connectivity index (χ4v) is 2.27. The van der Waals surface area contributed by atoms with Crippen molar-refractivity contribution in [1.29, 1.82) is 0 Å². The van der Waals surface area contributed by atoms with Crippen molar-refractivity contribution >= 4 is 11.8 Å². The number of carbonyl (C=O) groups is 2. The van der Waals surface area contributed by atoms with Crippen molar-refractivity contribution in [3.05, 3.63) is 0 Å². The molecular formula is C11H19N3O2. The van der Waals surface area contributed by atoms with E-state index >= 15 is 0 Å². The fourth-order valence-electron chi connectivity index (χ4n) is 2.27. The molecule has 2 rings (SSSR count).